The van der Waals surface area contributed by atoms with Crippen molar-refractivity contribution in [3.8, 4) is 5.75 Å². The number of hydrogen-bond acceptors (Lipinski definition) is 8. The molecule has 4 rings (SSSR count). The zero-order valence-electron chi connectivity index (χ0n) is 19.8. The van der Waals surface area contributed by atoms with Gasteiger partial charge in [0.25, 0.3) is 5.56 Å². The van der Waals surface area contributed by atoms with Crippen LogP contribution in [0.4, 0.5) is 30.8 Å². The van der Waals surface area contributed by atoms with Crippen LogP contribution in [0.15, 0.2) is 35.3 Å². The van der Waals surface area contributed by atoms with E-state index in [4.69, 9.17) is 21.1 Å². The normalized spacial score (nSPS) is 14.3. The molecule has 1 aromatic carbocycles. The molecule has 36 heavy (non-hydrogen) atoms. The lowest BCUT2D eigenvalue weighted by atomic mass is 10.2. The number of H-pyrrole nitrogens is 1. The van der Waals surface area contributed by atoms with Crippen LogP contribution >= 0.6 is 11.6 Å². The fourth-order valence-electron chi connectivity index (χ4n) is 3.79. The third-order valence-electron chi connectivity index (χ3n) is 5.35. The highest BCUT2D eigenvalue weighted by Crippen LogP contribution is 2.35. The number of rotatable bonds is 5. The number of alkyl halides is 2. The standard InChI is InChI=1S/C23H25ClF2N6O4/c1-23(2,3)36-22(34)32-8-6-31(7-9-32)14-4-5-15(16(11-14)35-21(25)26)28-19-18-13(10-17(24)29-19)12-27-30-20(18)33/h4-5,10-12,21H,6-9H2,1-3H3,(H,28,29)(H,30,33). The number of nitrogens with zero attached hydrogens (tertiary/aromatic N) is 4. The smallest absolute Gasteiger partial charge is 0.410 e. The summed E-state index contributed by atoms with van der Waals surface area (Å²) in [5, 5.41) is 9.63. The number of aromatic amines is 1. The van der Waals surface area contributed by atoms with Crippen LogP contribution in [0, 0.1) is 0 Å². The molecule has 0 atom stereocenters. The number of fused-ring (bicyclic) bond motifs is 1. The van der Waals surface area contributed by atoms with E-state index in [-0.39, 0.29) is 27.8 Å². The summed E-state index contributed by atoms with van der Waals surface area (Å²) in [6.07, 6.45) is 1.02. The van der Waals surface area contributed by atoms with Crippen molar-refractivity contribution < 1.29 is 23.0 Å². The number of carbonyl (C=O) groups is 1. The van der Waals surface area contributed by atoms with Crippen LogP contribution < -0.4 is 20.5 Å². The second kappa shape index (κ2) is 10.1. The maximum atomic E-state index is 13.2. The predicted molar refractivity (Wildman–Crippen MR) is 132 cm³/mol. The van der Waals surface area contributed by atoms with Crippen molar-refractivity contribution in [2.24, 2.45) is 0 Å². The van der Waals surface area contributed by atoms with Crippen molar-refractivity contribution in [1.29, 1.82) is 0 Å². The lowest BCUT2D eigenvalue weighted by Gasteiger charge is -2.37. The van der Waals surface area contributed by atoms with Crippen molar-refractivity contribution in [3.63, 3.8) is 0 Å². The first-order valence-electron chi connectivity index (χ1n) is 11.1. The Bertz CT molecular complexity index is 1320. The van der Waals surface area contributed by atoms with Crippen LogP contribution in [0.2, 0.25) is 5.15 Å². The summed E-state index contributed by atoms with van der Waals surface area (Å²) >= 11 is 6.08. The van der Waals surface area contributed by atoms with Crippen LogP contribution in [0.5, 0.6) is 5.75 Å². The Morgan fingerprint density at radius 2 is 1.92 bits per heavy atom. The van der Waals surface area contributed by atoms with Gasteiger partial charge >= 0.3 is 12.7 Å². The molecule has 0 aliphatic carbocycles. The molecule has 0 radical (unpaired) electrons. The number of carbonyl (C=O) groups excluding carboxylic acids is 1. The Balaban J connectivity index is 1.57. The molecule has 0 spiro atoms. The van der Waals surface area contributed by atoms with Gasteiger partial charge in [-0.2, -0.15) is 13.9 Å². The van der Waals surface area contributed by atoms with Gasteiger partial charge < -0.3 is 24.6 Å². The Kier molecular flexibility index (Phi) is 7.16. The summed E-state index contributed by atoms with van der Waals surface area (Å²) < 4.78 is 36.7. The molecule has 0 unspecified atom stereocenters. The Labute approximate surface area is 210 Å². The number of aromatic nitrogens is 3. The van der Waals surface area contributed by atoms with Gasteiger partial charge in [-0.25, -0.2) is 14.9 Å². The van der Waals surface area contributed by atoms with E-state index in [1.165, 1.54) is 18.3 Å². The topological polar surface area (TPSA) is 113 Å². The zero-order valence-corrected chi connectivity index (χ0v) is 20.6. The van der Waals surface area contributed by atoms with Gasteiger partial charge in [0.15, 0.2) is 5.75 Å². The van der Waals surface area contributed by atoms with Gasteiger partial charge in [-0.15, -0.1) is 0 Å². The van der Waals surface area contributed by atoms with E-state index >= 15 is 0 Å². The van der Waals surface area contributed by atoms with E-state index in [0.717, 1.165) is 0 Å². The number of benzene rings is 1. The molecule has 1 fully saturated rings. The van der Waals surface area contributed by atoms with E-state index in [2.05, 4.69) is 20.5 Å². The number of nitrogens with one attached hydrogen (secondary N) is 2. The molecule has 3 aromatic rings. The van der Waals surface area contributed by atoms with Crippen molar-refractivity contribution in [2.45, 2.75) is 33.0 Å². The van der Waals surface area contributed by atoms with Crippen molar-refractivity contribution >= 4 is 45.7 Å². The second-order valence-corrected chi connectivity index (χ2v) is 9.48. The highest BCUT2D eigenvalue weighted by Gasteiger charge is 2.26. The minimum Gasteiger partial charge on any atom is -0.444 e. The first-order chi connectivity index (χ1) is 17.0. The Morgan fingerprint density at radius 3 is 2.58 bits per heavy atom. The van der Waals surface area contributed by atoms with Gasteiger partial charge in [0, 0.05) is 43.3 Å². The lowest BCUT2D eigenvalue weighted by Crippen LogP contribution is -2.50. The molecule has 3 heterocycles. The van der Waals surface area contributed by atoms with Crippen LogP contribution in [0.3, 0.4) is 0 Å². The SMILES string of the molecule is CC(C)(C)OC(=O)N1CCN(c2ccc(Nc3nc(Cl)cc4cn[nH]c(=O)c34)c(OC(F)F)c2)CC1. The molecule has 1 amide bonds. The molecular formula is C23H25ClF2N6O4. The third-order valence-corrected chi connectivity index (χ3v) is 5.54. The highest BCUT2D eigenvalue weighted by molar-refractivity contribution is 6.30. The third kappa shape index (κ3) is 5.93. The average Bonchev–Trinajstić information content (AvgIpc) is 2.78. The van der Waals surface area contributed by atoms with E-state index in [1.807, 2.05) is 4.90 Å². The van der Waals surface area contributed by atoms with Gasteiger partial charge in [0.1, 0.15) is 16.6 Å². The maximum absolute atomic E-state index is 13.2. The molecule has 1 aliphatic rings. The van der Waals surface area contributed by atoms with Crippen LogP contribution in [0.25, 0.3) is 10.8 Å². The van der Waals surface area contributed by atoms with Gasteiger partial charge in [0.05, 0.1) is 17.3 Å². The fourth-order valence-corrected chi connectivity index (χ4v) is 3.99. The van der Waals surface area contributed by atoms with Gasteiger partial charge in [-0.05, 0) is 39.0 Å². The largest absolute Gasteiger partial charge is 0.444 e. The molecule has 2 aromatic heterocycles. The average molecular weight is 523 g/mol. The molecular weight excluding hydrogens is 498 g/mol. The molecule has 2 N–H and O–H groups in total. The van der Waals surface area contributed by atoms with Crippen molar-refractivity contribution in [3.05, 3.63) is 46.0 Å². The summed E-state index contributed by atoms with van der Waals surface area (Å²) in [4.78, 5) is 32.4. The van der Waals surface area contributed by atoms with Crippen LogP contribution in [-0.4, -0.2) is 64.6 Å². The Hall–Kier alpha value is -3.67. The summed E-state index contributed by atoms with van der Waals surface area (Å²) in [5.41, 5.74) is -0.317. The first kappa shape index (κ1) is 25.4. The van der Waals surface area contributed by atoms with E-state index in [1.54, 1.807) is 37.8 Å². The van der Waals surface area contributed by atoms with Crippen LogP contribution in [-0.2, 0) is 4.74 Å². The summed E-state index contributed by atoms with van der Waals surface area (Å²) in [6, 6.07) is 6.22. The number of halogens is 3. The predicted octanol–water partition coefficient (Wildman–Crippen LogP) is 4.37. The molecule has 192 valence electrons. The van der Waals surface area contributed by atoms with Crippen molar-refractivity contribution in [2.75, 3.05) is 36.4 Å². The first-order valence-corrected chi connectivity index (χ1v) is 11.5. The number of ether oxygens (including phenoxy) is 2. The second-order valence-electron chi connectivity index (χ2n) is 9.10. The Morgan fingerprint density at radius 1 is 1.19 bits per heavy atom. The molecule has 10 nitrogen and oxygen atoms in total. The fraction of sp³-hybridized carbons (Fsp3) is 0.391. The lowest BCUT2D eigenvalue weighted by molar-refractivity contribution is -0.0493. The highest BCUT2D eigenvalue weighted by atomic mass is 35.5. The van der Waals surface area contributed by atoms with Crippen LogP contribution in [0.1, 0.15) is 20.8 Å². The zero-order chi connectivity index (χ0) is 26.0. The quantitative estimate of drug-likeness (QED) is 0.475. The summed E-state index contributed by atoms with van der Waals surface area (Å²) in [7, 11) is 0. The number of anilines is 3. The molecule has 13 heteroatoms. The van der Waals surface area contributed by atoms with E-state index in [0.29, 0.717) is 37.3 Å². The van der Waals surface area contributed by atoms with Gasteiger partial charge in [0.2, 0.25) is 0 Å². The van der Waals surface area contributed by atoms with E-state index < -0.39 is 23.9 Å². The molecule has 1 saturated heterocycles. The maximum Gasteiger partial charge on any atom is 0.410 e. The summed E-state index contributed by atoms with van der Waals surface area (Å²) in [6.45, 7) is 4.10. The molecule has 1 aliphatic heterocycles. The number of hydrogen-bond donors (Lipinski definition) is 2. The van der Waals surface area contributed by atoms with Crippen molar-refractivity contribution in [1.82, 2.24) is 20.1 Å². The monoisotopic (exact) mass is 522 g/mol. The van der Waals surface area contributed by atoms with Gasteiger partial charge in [-0.1, -0.05) is 11.6 Å². The molecule has 0 saturated carbocycles. The number of piperazine rings is 1. The summed E-state index contributed by atoms with van der Waals surface area (Å²) in [5.74, 6) is -0.0727. The minimum absolute atomic E-state index is 0.0685. The number of amides is 1. The minimum atomic E-state index is -3.08. The molecule has 0 bridgehead atoms. The van der Waals surface area contributed by atoms with Gasteiger partial charge in [-0.3, -0.25) is 4.79 Å². The number of pyridine rings is 1. The van der Waals surface area contributed by atoms with E-state index in [9.17, 15) is 18.4 Å².